The average Bonchev–Trinajstić information content (AvgIpc) is 3.04. The van der Waals surface area contributed by atoms with Crippen LogP contribution < -0.4 is 0 Å². The van der Waals surface area contributed by atoms with Gasteiger partial charge in [-0.2, -0.15) is 4.98 Å². The minimum atomic E-state index is -1.07. The van der Waals surface area contributed by atoms with E-state index in [1.807, 2.05) is 0 Å². The van der Waals surface area contributed by atoms with Crippen LogP contribution in [0.1, 0.15) is 16.2 Å². The third-order valence-corrected chi connectivity index (χ3v) is 3.03. The number of aromatic nitrogens is 2. The molecule has 3 rings (SSSR count). The Morgan fingerprint density at radius 2 is 1.88 bits per heavy atom. The fourth-order valence-corrected chi connectivity index (χ4v) is 1.92. The molecule has 0 N–H and O–H groups in total. The Kier molecular flexibility index (Phi) is 4.28. The van der Waals surface area contributed by atoms with Crippen molar-refractivity contribution in [3.63, 3.8) is 0 Å². The van der Waals surface area contributed by atoms with Gasteiger partial charge in [0, 0.05) is 5.56 Å². The predicted molar refractivity (Wildman–Crippen MR) is 75.2 cm³/mol. The first-order valence-corrected chi connectivity index (χ1v) is 6.73. The summed E-state index contributed by atoms with van der Waals surface area (Å²) in [5, 5.41) is 3.63. The molecule has 8 heteroatoms. The number of hydrogen-bond acceptors (Lipinski definition) is 5. The zero-order valence-electron chi connectivity index (χ0n) is 12.0. The van der Waals surface area contributed by atoms with E-state index >= 15 is 0 Å². The molecule has 5 nitrogen and oxygen atoms in total. The summed E-state index contributed by atoms with van der Waals surface area (Å²) < 4.78 is 49.3. The van der Waals surface area contributed by atoms with Crippen molar-refractivity contribution in [3.8, 4) is 11.4 Å². The molecular weight excluding hydrogens is 325 g/mol. The van der Waals surface area contributed by atoms with Crippen molar-refractivity contribution in [2.75, 3.05) is 0 Å². The summed E-state index contributed by atoms with van der Waals surface area (Å²) in [7, 11) is 0. The second kappa shape index (κ2) is 6.53. The van der Waals surface area contributed by atoms with Crippen LogP contribution in [0.25, 0.3) is 11.4 Å². The highest BCUT2D eigenvalue weighted by Crippen LogP contribution is 2.17. The number of nitrogens with zero attached hydrogens (tertiary/aromatic N) is 2. The number of carbonyl (C=O) groups excluding carboxylic acids is 1. The van der Waals surface area contributed by atoms with Gasteiger partial charge in [0.2, 0.25) is 5.82 Å². The maximum Gasteiger partial charge on any atom is 0.341 e. The van der Waals surface area contributed by atoms with Gasteiger partial charge in [0.1, 0.15) is 17.5 Å². The van der Waals surface area contributed by atoms with Crippen LogP contribution in [0.4, 0.5) is 13.2 Å². The number of ether oxygens (including phenoxy) is 1. The van der Waals surface area contributed by atoms with E-state index in [0.29, 0.717) is 5.56 Å². The van der Waals surface area contributed by atoms with Crippen LogP contribution in [0.2, 0.25) is 0 Å². The Morgan fingerprint density at radius 3 is 2.67 bits per heavy atom. The Morgan fingerprint density at radius 1 is 1.08 bits per heavy atom. The molecule has 0 aliphatic carbocycles. The summed E-state index contributed by atoms with van der Waals surface area (Å²) in [6, 6.07) is 7.96. The van der Waals surface area contributed by atoms with E-state index in [1.165, 1.54) is 18.2 Å². The van der Waals surface area contributed by atoms with E-state index in [-0.39, 0.29) is 11.7 Å². The third-order valence-electron chi connectivity index (χ3n) is 3.03. The fourth-order valence-electron chi connectivity index (χ4n) is 1.92. The van der Waals surface area contributed by atoms with Crippen LogP contribution in [-0.4, -0.2) is 16.1 Å². The summed E-state index contributed by atoms with van der Waals surface area (Å²) in [5.74, 6) is -3.18. The van der Waals surface area contributed by atoms with Crippen LogP contribution in [0, 0.1) is 17.5 Å². The molecular formula is C16H9F3N2O3. The first kappa shape index (κ1) is 15.7. The van der Waals surface area contributed by atoms with Crippen molar-refractivity contribution < 1.29 is 27.2 Å². The number of carbonyl (C=O) groups is 1. The molecule has 0 bridgehead atoms. The largest absolute Gasteiger partial charge is 0.452 e. The van der Waals surface area contributed by atoms with Crippen molar-refractivity contribution in [1.29, 1.82) is 0 Å². The second-order valence-corrected chi connectivity index (χ2v) is 4.72. The zero-order chi connectivity index (χ0) is 17.1. The van der Waals surface area contributed by atoms with Crippen molar-refractivity contribution in [1.82, 2.24) is 10.1 Å². The average molecular weight is 334 g/mol. The minimum Gasteiger partial charge on any atom is -0.452 e. The lowest BCUT2D eigenvalue weighted by atomic mass is 10.2. The fraction of sp³-hybridized carbons (Fsp3) is 0.0625. The van der Waals surface area contributed by atoms with Gasteiger partial charge in [-0.05, 0) is 30.3 Å². The van der Waals surface area contributed by atoms with E-state index in [1.54, 1.807) is 6.07 Å². The van der Waals surface area contributed by atoms with Crippen LogP contribution >= 0.6 is 0 Å². The molecule has 2 aromatic carbocycles. The monoisotopic (exact) mass is 334 g/mol. The van der Waals surface area contributed by atoms with E-state index in [2.05, 4.69) is 10.1 Å². The van der Waals surface area contributed by atoms with Crippen LogP contribution in [0.15, 0.2) is 47.0 Å². The third kappa shape index (κ3) is 3.43. The quantitative estimate of drug-likeness (QED) is 0.683. The molecule has 0 spiro atoms. The lowest BCUT2D eigenvalue weighted by Crippen LogP contribution is -2.08. The summed E-state index contributed by atoms with van der Waals surface area (Å²) >= 11 is 0. The molecule has 0 amide bonds. The first-order valence-electron chi connectivity index (χ1n) is 6.73. The van der Waals surface area contributed by atoms with Gasteiger partial charge in [-0.1, -0.05) is 17.3 Å². The molecule has 0 saturated carbocycles. The van der Waals surface area contributed by atoms with E-state index in [0.717, 1.165) is 18.2 Å². The Balaban J connectivity index is 1.69. The topological polar surface area (TPSA) is 65.2 Å². The standard InChI is InChI=1S/C16H9F3N2O3/c17-10-3-1-2-9(6-10)15-20-14(24-21-15)8-23-16(22)12-7-11(18)4-5-13(12)19/h1-7H,8H2. The molecule has 0 unspecified atom stereocenters. The Labute approximate surface area is 133 Å². The number of rotatable bonds is 4. The molecule has 0 aliphatic heterocycles. The van der Waals surface area contributed by atoms with Crippen molar-refractivity contribution >= 4 is 5.97 Å². The Bertz CT molecular complexity index is 896. The molecule has 0 saturated heterocycles. The number of esters is 1. The van der Waals surface area contributed by atoms with Gasteiger partial charge in [-0.15, -0.1) is 0 Å². The van der Waals surface area contributed by atoms with Gasteiger partial charge in [0.25, 0.3) is 5.89 Å². The smallest absolute Gasteiger partial charge is 0.341 e. The minimum absolute atomic E-state index is 0.0700. The summed E-state index contributed by atoms with van der Waals surface area (Å²) in [6.07, 6.45) is 0. The second-order valence-electron chi connectivity index (χ2n) is 4.72. The Hall–Kier alpha value is -3.16. The maximum absolute atomic E-state index is 13.5. The number of hydrogen-bond donors (Lipinski definition) is 0. The molecule has 0 atom stereocenters. The van der Waals surface area contributed by atoms with Crippen molar-refractivity contribution in [2.45, 2.75) is 6.61 Å². The highest BCUT2D eigenvalue weighted by Gasteiger charge is 2.16. The van der Waals surface area contributed by atoms with Gasteiger partial charge in [-0.3, -0.25) is 0 Å². The summed E-state index contributed by atoms with van der Waals surface area (Å²) in [5.41, 5.74) is -0.160. The van der Waals surface area contributed by atoms with Gasteiger partial charge >= 0.3 is 5.97 Å². The molecule has 1 aromatic heterocycles. The SMILES string of the molecule is O=C(OCc1nc(-c2cccc(F)c2)no1)c1cc(F)ccc1F. The normalized spacial score (nSPS) is 10.6. The van der Waals surface area contributed by atoms with E-state index in [4.69, 9.17) is 9.26 Å². The molecule has 0 radical (unpaired) electrons. The van der Waals surface area contributed by atoms with Crippen LogP contribution in [0.3, 0.4) is 0 Å². The molecule has 24 heavy (non-hydrogen) atoms. The summed E-state index contributed by atoms with van der Waals surface area (Å²) in [4.78, 5) is 15.7. The molecule has 0 fully saturated rings. The van der Waals surface area contributed by atoms with Gasteiger partial charge < -0.3 is 9.26 Å². The van der Waals surface area contributed by atoms with Gasteiger partial charge in [0.15, 0.2) is 6.61 Å². The van der Waals surface area contributed by atoms with Crippen LogP contribution in [-0.2, 0) is 11.3 Å². The molecule has 122 valence electrons. The molecule has 1 heterocycles. The van der Waals surface area contributed by atoms with Gasteiger partial charge in [-0.25, -0.2) is 18.0 Å². The highest BCUT2D eigenvalue weighted by atomic mass is 19.1. The predicted octanol–water partition coefficient (Wildman–Crippen LogP) is 3.51. The lowest BCUT2D eigenvalue weighted by Gasteiger charge is -2.03. The number of halogens is 3. The van der Waals surface area contributed by atoms with Gasteiger partial charge in [0.05, 0.1) is 5.56 Å². The lowest BCUT2D eigenvalue weighted by molar-refractivity contribution is 0.0424. The number of benzene rings is 2. The first-order chi connectivity index (χ1) is 11.5. The van der Waals surface area contributed by atoms with E-state index in [9.17, 15) is 18.0 Å². The van der Waals surface area contributed by atoms with E-state index < -0.39 is 35.6 Å². The molecule has 0 aliphatic rings. The zero-order valence-corrected chi connectivity index (χ0v) is 12.0. The van der Waals surface area contributed by atoms with Crippen molar-refractivity contribution in [2.24, 2.45) is 0 Å². The van der Waals surface area contributed by atoms with Crippen molar-refractivity contribution in [3.05, 3.63) is 71.4 Å². The summed E-state index contributed by atoms with van der Waals surface area (Å²) in [6.45, 7) is -0.433. The van der Waals surface area contributed by atoms with Crippen LogP contribution in [0.5, 0.6) is 0 Å². The maximum atomic E-state index is 13.5. The highest BCUT2D eigenvalue weighted by molar-refractivity contribution is 5.89. The molecule has 3 aromatic rings.